The van der Waals surface area contributed by atoms with E-state index in [2.05, 4.69) is 0 Å². The number of hydrogen-bond acceptors (Lipinski definition) is 5. The van der Waals surface area contributed by atoms with Crippen molar-refractivity contribution in [3.63, 3.8) is 0 Å². The van der Waals surface area contributed by atoms with E-state index in [9.17, 15) is 9.59 Å². The van der Waals surface area contributed by atoms with Crippen LogP contribution in [-0.2, 0) is 6.61 Å². The number of hydrogen-bond donors (Lipinski definition) is 1. The number of rotatable bonds is 6. The zero-order valence-corrected chi connectivity index (χ0v) is 10.7. The van der Waals surface area contributed by atoms with E-state index < -0.39 is 5.97 Å². The fourth-order valence-corrected chi connectivity index (χ4v) is 1.60. The molecule has 0 amide bonds. The third-order valence-electron chi connectivity index (χ3n) is 2.57. The van der Waals surface area contributed by atoms with Crippen molar-refractivity contribution >= 4 is 12.3 Å². The molecular formula is C14H12O6. The van der Waals surface area contributed by atoms with Crippen molar-refractivity contribution in [1.29, 1.82) is 0 Å². The predicted molar refractivity (Wildman–Crippen MR) is 68.4 cm³/mol. The largest absolute Gasteiger partial charge is 0.493 e. The van der Waals surface area contributed by atoms with Crippen molar-refractivity contribution in [3.05, 3.63) is 47.4 Å². The number of carboxylic acid groups (broad SMARTS) is 1. The molecule has 2 aromatic rings. The first-order valence-corrected chi connectivity index (χ1v) is 5.72. The summed E-state index contributed by atoms with van der Waals surface area (Å²) in [6.45, 7) is 0.0596. The summed E-state index contributed by atoms with van der Waals surface area (Å²) < 4.78 is 15.7. The van der Waals surface area contributed by atoms with Crippen molar-refractivity contribution in [2.24, 2.45) is 0 Å². The highest BCUT2D eigenvalue weighted by Crippen LogP contribution is 2.28. The summed E-state index contributed by atoms with van der Waals surface area (Å²) in [6, 6.07) is 7.62. The van der Waals surface area contributed by atoms with Gasteiger partial charge in [-0.1, -0.05) is 0 Å². The number of carbonyl (C=O) groups excluding carboxylic acids is 1. The molecule has 2 rings (SSSR count). The lowest BCUT2D eigenvalue weighted by atomic mass is 10.2. The van der Waals surface area contributed by atoms with Gasteiger partial charge in [-0.25, -0.2) is 4.79 Å². The van der Waals surface area contributed by atoms with Crippen molar-refractivity contribution in [2.45, 2.75) is 6.61 Å². The molecule has 0 bridgehead atoms. The number of carbonyl (C=O) groups is 2. The second-order valence-electron chi connectivity index (χ2n) is 3.89. The SMILES string of the molecule is COc1cc(C=O)ccc1OCc1ccc(C(=O)O)o1. The molecule has 20 heavy (non-hydrogen) atoms. The molecule has 0 spiro atoms. The molecule has 6 heteroatoms. The quantitative estimate of drug-likeness (QED) is 0.815. The van der Waals surface area contributed by atoms with Gasteiger partial charge in [0.2, 0.25) is 5.76 Å². The molecule has 0 aliphatic carbocycles. The summed E-state index contributed by atoms with van der Waals surface area (Å²) in [7, 11) is 1.46. The van der Waals surface area contributed by atoms with E-state index in [1.807, 2.05) is 0 Å². The van der Waals surface area contributed by atoms with Gasteiger partial charge in [-0.3, -0.25) is 4.79 Å². The molecule has 0 aliphatic rings. The third kappa shape index (κ3) is 2.97. The van der Waals surface area contributed by atoms with E-state index >= 15 is 0 Å². The lowest BCUT2D eigenvalue weighted by molar-refractivity contribution is 0.0658. The zero-order valence-electron chi connectivity index (χ0n) is 10.7. The highest BCUT2D eigenvalue weighted by molar-refractivity contribution is 5.84. The van der Waals surface area contributed by atoms with Crippen LogP contribution in [0.15, 0.2) is 34.7 Å². The molecule has 1 N–H and O–H groups in total. The first kappa shape index (κ1) is 13.7. The Morgan fingerprint density at radius 2 is 2.10 bits per heavy atom. The van der Waals surface area contributed by atoms with Crippen molar-refractivity contribution < 1.29 is 28.6 Å². The Morgan fingerprint density at radius 1 is 1.30 bits per heavy atom. The number of carboxylic acids is 1. The van der Waals surface area contributed by atoms with Gasteiger partial charge in [0.1, 0.15) is 18.7 Å². The second-order valence-corrected chi connectivity index (χ2v) is 3.89. The Morgan fingerprint density at radius 3 is 2.70 bits per heavy atom. The van der Waals surface area contributed by atoms with Crippen LogP contribution in [0.4, 0.5) is 0 Å². The molecule has 6 nitrogen and oxygen atoms in total. The molecule has 104 valence electrons. The van der Waals surface area contributed by atoms with Gasteiger partial charge in [0.05, 0.1) is 7.11 Å². The first-order valence-electron chi connectivity index (χ1n) is 5.72. The van der Waals surface area contributed by atoms with Gasteiger partial charge in [-0.15, -0.1) is 0 Å². The number of benzene rings is 1. The first-order chi connectivity index (χ1) is 9.63. The number of ether oxygens (including phenoxy) is 2. The van der Waals surface area contributed by atoms with Crippen LogP contribution in [0, 0.1) is 0 Å². The number of aromatic carboxylic acids is 1. The molecule has 0 fully saturated rings. The highest BCUT2D eigenvalue weighted by atomic mass is 16.5. The van der Waals surface area contributed by atoms with Crippen LogP contribution in [0.1, 0.15) is 26.7 Å². The van der Waals surface area contributed by atoms with Crippen LogP contribution in [0.25, 0.3) is 0 Å². The Balaban J connectivity index is 2.09. The summed E-state index contributed by atoms with van der Waals surface area (Å²) in [5.74, 6) is -0.0501. The zero-order chi connectivity index (χ0) is 14.5. The van der Waals surface area contributed by atoms with E-state index in [1.54, 1.807) is 18.2 Å². The standard InChI is InChI=1S/C14H12O6/c1-18-13-6-9(7-15)2-4-11(13)19-8-10-3-5-12(20-10)14(16)17/h2-7H,8H2,1H3,(H,16,17). The van der Waals surface area contributed by atoms with Gasteiger partial charge in [0.15, 0.2) is 11.5 Å². The van der Waals surface area contributed by atoms with E-state index in [-0.39, 0.29) is 12.4 Å². The van der Waals surface area contributed by atoms with Gasteiger partial charge in [0.25, 0.3) is 0 Å². The Hall–Kier alpha value is -2.76. The minimum Gasteiger partial charge on any atom is -0.493 e. The van der Waals surface area contributed by atoms with Gasteiger partial charge in [-0.05, 0) is 30.3 Å². The van der Waals surface area contributed by atoms with E-state index in [4.69, 9.17) is 19.0 Å². The molecule has 1 heterocycles. The fraction of sp³-hybridized carbons (Fsp3) is 0.143. The van der Waals surface area contributed by atoms with Gasteiger partial charge in [-0.2, -0.15) is 0 Å². The highest BCUT2D eigenvalue weighted by Gasteiger charge is 2.11. The van der Waals surface area contributed by atoms with Crippen molar-refractivity contribution in [2.75, 3.05) is 7.11 Å². The normalized spacial score (nSPS) is 10.1. The van der Waals surface area contributed by atoms with E-state index in [0.29, 0.717) is 29.1 Å². The molecule has 1 aromatic carbocycles. The van der Waals surface area contributed by atoms with Gasteiger partial charge < -0.3 is 19.0 Å². The molecule has 0 saturated heterocycles. The lowest BCUT2D eigenvalue weighted by Crippen LogP contribution is -1.98. The lowest BCUT2D eigenvalue weighted by Gasteiger charge is -2.09. The number of methoxy groups -OCH3 is 1. The summed E-state index contributed by atoms with van der Waals surface area (Å²) in [4.78, 5) is 21.3. The van der Waals surface area contributed by atoms with Crippen LogP contribution in [0.2, 0.25) is 0 Å². The molecule has 0 atom stereocenters. The van der Waals surface area contributed by atoms with Crippen LogP contribution in [-0.4, -0.2) is 24.5 Å². The monoisotopic (exact) mass is 276 g/mol. The summed E-state index contributed by atoms with van der Waals surface area (Å²) in [6.07, 6.45) is 0.706. The fourth-order valence-electron chi connectivity index (χ4n) is 1.60. The van der Waals surface area contributed by atoms with Gasteiger partial charge in [0, 0.05) is 5.56 Å². The molecular weight excluding hydrogens is 264 g/mol. The predicted octanol–water partition coefficient (Wildman–Crippen LogP) is 2.38. The van der Waals surface area contributed by atoms with Crippen LogP contribution >= 0.6 is 0 Å². The molecule has 0 aliphatic heterocycles. The smallest absolute Gasteiger partial charge is 0.371 e. The average Bonchev–Trinajstić information content (AvgIpc) is 2.94. The number of aldehydes is 1. The number of furan rings is 1. The van der Waals surface area contributed by atoms with E-state index in [1.165, 1.54) is 19.2 Å². The van der Waals surface area contributed by atoms with Crippen molar-refractivity contribution in [1.82, 2.24) is 0 Å². The minimum atomic E-state index is -1.14. The van der Waals surface area contributed by atoms with Crippen LogP contribution in [0.5, 0.6) is 11.5 Å². The second kappa shape index (κ2) is 5.92. The maximum atomic E-state index is 10.7. The molecule has 0 radical (unpaired) electrons. The summed E-state index contributed by atoms with van der Waals surface area (Å²) >= 11 is 0. The minimum absolute atomic E-state index is 0.0596. The van der Waals surface area contributed by atoms with Crippen LogP contribution in [0.3, 0.4) is 0 Å². The summed E-state index contributed by atoms with van der Waals surface area (Å²) in [5, 5.41) is 8.74. The molecule has 1 aromatic heterocycles. The van der Waals surface area contributed by atoms with Crippen LogP contribution < -0.4 is 9.47 Å². The Kier molecular flexibility index (Phi) is 4.05. The van der Waals surface area contributed by atoms with Gasteiger partial charge >= 0.3 is 5.97 Å². The maximum Gasteiger partial charge on any atom is 0.371 e. The Bertz CT molecular complexity index is 628. The molecule has 0 saturated carbocycles. The van der Waals surface area contributed by atoms with Crippen molar-refractivity contribution in [3.8, 4) is 11.5 Å². The van der Waals surface area contributed by atoms with E-state index in [0.717, 1.165) is 0 Å². The Labute approximate surface area is 114 Å². The topological polar surface area (TPSA) is 86.0 Å². The summed E-state index contributed by atoms with van der Waals surface area (Å²) in [5.41, 5.74) is 0.473. The average molecular weight is 276 g/mol. The maximum absolute atomic E-state index is 10.7. The third-order valence-corrected chi connectivity index (χ3v) is 2.57. The molecule has 0 unspecified atom stereocenters.